The van der Waals surface area contributed by atoms with Gasteiger partial charge in [0.1, 0.15) is 16.7 Å². The quantitative estimate of drug-likeness (QED) is 0.158. The van der Waals surface area contributed by atoms with Crippen LogP contribution in [0, 0.1) is 0 Å². The number of hydrogen-bond acceptors (Lipinski definition) is 9. The summed E-state index contributed by atoms with van der Waals surface area (Å²) in [4.78, 5) is 17.9. The average molecular weight is 634 g/mol. The highest BCUT2D eigenvalue weighted by Crippen LogP contribution is 2.37. The number of thioether (sulfide) groups is 1. The van der Waals surface area contributed by atoms with E-state index in [1.807, 2.05) is 36.4 Å². The molecule has 9 nitrogen and oxygen atoms in total. The van der Waals surface area contributed by atoms with E-state index in [-0.39, 0.29) is 5.91 Å². The normalized spacial score (nSPS) is 17.1. The second-order valence-corrected chi connectivity index (χ2v) is 12.1. The Morgan fingerprint density at radius 2 is 1.85 bits per heavy atom. The molecule has 3 aromatic rings. The molecule has 0 spiro atoms. The van der Waals surface area contributed by atoms with Gasteiger partial charge >= 0.3 is 0 Å². The fourth-order valence-corrected chi connectivity index (χ4v) is 6.21. The number of ether oxygens (including phenoxy) is 2. The molecule has 0 aliphatic carbocycles. The van der Waals surface area contributed by atoms with Crippen molar-refractivity contribution in [2.45, 2.75) is 25.7 Å². The number of benzene rings is 2. The molecule has 2 aliphatic rings. The first-order valence-electron chi connectivity index (χ1n) is 13.5. The molecule has 2 aliphatic heterocycles. The van der Waals surface area contributed by atoms with Gasteiger partial charge in [0.05, 0.1) is 28.2 Å². The fraction of sp³-hybridized carbons (Fsp3) is 0.393. The molecule has 216 valence electrons. The Morgan fingerprint density at radius 1 is 1.05 bits per heavy atom. The smallest absolute Gasteiger partial charge is 0.266 e. The summed E-state index contributed by atoms with van der Waals surface area (Å²) in [6.07, 6.45) is 5.30. The maximum Gasteiger partial charge on any atom is 0.266 e. The molecule has 41 heavy (non-hydrogen) atoms. The van der Waals surface area contributed by atoms with Gasteiger partial charge in [0, 0.05) is 38.2 Å². The van der Waals surface area contributed by atoms with E-state index in [1.54, 1.807) is 11.0 Å². The van der Waals surface area contributed by atoms with E-state index in [1.165, 1.54) is 11.8 Å². The number of carbonyl (C=O) groups is 1. The van der Waals surface area contributed by atoms with Crippen LogP contribution in [0.25, 0.3) is 17.2 Å². The van der Waals surface area contributed by atoms with Gasteiger partial charge in [0.2, 0.25) is 0 Å². The van der Waals surface area contributed by atoms with Crippen LogP contribution in [-0.4, -0.2) is 86.7 Å². The topological polar surface area (TPSA) is 96.5 Å². The van der Waals surface area contributed by atoms with E-state index in [4.69, 9.17) is 44.9 Å². The van der Waals surface area contributed by atoms with Crippen molar-refractivity contribution < 1.29 is 14.3 Å². The number of nitrogens with zero attached hydrogens (tertiary/aromatic N) is 5. The van der Waals surface area contributed by atoms with Gasteiger partial charge in [-0.1, -0.05) is 70.9 Å². The largest absolute Gasteiger partial charge is 0.492 e. The first kappa shape index (κ1) is 29.9. The zero-order valence-corrected chi connectivity index (χ0v) is 25.5. The maximum absolute atomic E-state index is 13.4. The molecular weight excluding hydrogens is 603 g/mol. The van der Waals surface area contributed by atoms with Crippen molar-refractivity contribution in [1.82, 2.24) is 30.4 Å². The second-order valence-electron chi connectivity index (χ2n) is 9.66. The summed E-state index contributed by atoms with van der Waals surface area (Å²) >= 11 is 19.3. The second kappa shape index (κ2) is 14.6. The molecule has 0 saturated carbocycles. The van der Waals surface area contributed by atoms with Crippen molar-refractivity contribution in [2.24, 2.45) is 0 Å². The summed E-state index contributed by atoms with van der Waals surface area (Å²) in [5, 5.41) is 15.0. The lowest BCUT2D eigenvalue weighted by atomic mass is 10.0. The predicted molar refractivity (Wildman–Crippen MR) is 166 cm³/mol. The van der Waals surface area contributed by atoms with E-state index in [0.29, 0.717) is 44.0 Å². The molecule has 5 rings (SSSR count). The van der Waals surface area contributed by atoms with Crippen molar-refractivity contribution in [2.75, 3.05) is 46.0 Å². The summed E-state index contributed by atoms with van der Waals surface area (Å²) in [5.74, 6) is 1.32. The van der Waals surface area contributed by atoms with E-state index < -0.39 is 0 Å². The van der Waals surface area contributed by atoms with Crippen LogP contribution < -0.4 is 4.74 Å². The summed E-state index contributed by atoms with van der Waals surface area (Å²) in [7, 11) is 0. The summed E-state index contributed by atoms with van der Waals surface area (Å²) in [5.41, 5.74) is 2.66. The number of aromatic amines is 1. The minimum atomic E-state index is -0.0858. The number of rotatable bonds is 12. The van der Waals surface area contributed by atoms with Crippen LogP contribution in [-0.2, 0) is 16.0 Å². The molecule has 13 heteroatoms. The van der Waals surface area contributed by atoms with E-state index in [2.05, 4.69) is 25.5 Å². The van der Waals surface area contributed by atoms with Gasteiger partial charge in [0.15, 0.2) is 5.82 Å². The molecule has 0 radical (unpaired) electrons. The van der Waals surface area contributed by atoms with Crippen LogP contribution in [0.4, 0.5) is 0 Å². The highest BCUT2D eigenvalue weighted by atomic mass is 35.5. The van der Waals surface area contributed by atoms with Gasteiger partial charge < -0.3 is 9.47 Å². The molecule has 0 bridgehead atoms. The van der Waals surface area contributed by atoms with Crippen molar-refractivity contribution in [3.8, 4) is 16.9 Å². The van der Waals surface area contributed by atoms with Crippen LogP contribution in [0.1, 0.15) is 30.7 Å². The number of morpholine rings is 1. The number of amides is 1. The standard InChI is InChI=1S/C28H30Cl2N6O3S2/c29-22-7-5-20(17-23(22)30)19-6-8-24(39-15-12-35-10-13-38-14-11-35)21(16-19)18-25-27(37)36(28(40)41-25)9-3-1-2-4-26-31-33-34-32-26/h5-8,16-18H,1-4,9-15H2,(H,31,32,33,34)/b25-18-. The van der Waals surface area contributed by atoms with Crippen LogP contribution in [0.15, 0.2) is 41.3 Å². The van der Waals surface area contributed by atoms with Crippen LogP contribution in [0.3, 0.4) is 0 Å². The third kappa shape index (κ3) is 8.06. The minimum Gasteiger partial charge on any atom is -0.492 e. The van der Waals surface area contributed by atoms with Gasteiger partial charge in [-0.2, -0.15) is 5.21 Å². The molecule has 0 unspecified atom stereocenters. The lowest BCUT2D eigenvalue weighted by Crippen LogP contribution is -2.38. The monoisotopic (exact) mass is 632 g/mol. The zero-order valence-electron chi connectivity index (χ0n) is 22.4. The van der Waals surface area contributed by atoms with Crippen molar-refractivity contribution >= 4 is 63.5 Å². The number of H-pyrrole nitrogens is 1. The van der Waals surface area contributed by atoms with Gasteiger partial charge in [0.25, 0.3) is 5.91 Å². The fourth-order valence-electron chi connectivity index (χ4n) is 4.61. The van der Waals surface area contributed by atoms with Gasteiger partial charge in [-0.25, -0.2) is 0 Å². The summed E-state index contributed by atoms with van der Waals surface area (Å²) < 4.78 is 12.2. The third-order valence-electron chi connectivity index (χ3n) is 6.86. The number of hydrogen-bond donors (Lipinski definition) is 1. The highest BCUT2D eigenvalue weighted by molar-refractivity contribution is 8.26. The van der Waals surface area contributed by atoms with Gasteiger partial charge in [-0.15, -0.1) is 10.2 Å². The van der Waals surface area contributed by atoms with Crippen LogP contribution in [0.5, 0.6) is 5.75 Å². The van der Waals surface area contributed by atoms with Crippen molar-refractivity contribution in [3.63, 3.8) is 0 Å². The van der Waals surface area contributed by atoms with Gasteiger partial charge in [-0.05, 0) is 54.3 Å². The molecular formula is C28H30Cl2N6O3S2. The van der Waals surface area contributed by atoms with E-state index in [9.17, 15) is 4.79 Å². The number of aryl methyl sites for hydroxylation is 1. The van der Waals surface area contributed by atoms with Crippen molar-refractivity contribution in [3.05, 3.63) is 62.7 Å². The molecule has 2 fully saturated rings. The lowest BCUT2D eigenvalue weighted by Gasteiger charge is -2.26. The molecule has 0 atom stereocenters. The number of thiocarbonyl (C=S) groups is 1. The Hall–Kier alpha value is -2.54. The van der Waals surface area contributed by atoms with Gasteiger partial charge in [-0.3, -0.25) is 14.6 Å². The Kier molecular flexibility index (Phi) is 10.6. The number of unbranched alkanes of at least 4 members (excludes halogenated alkanes) is 2. The Labute approximate surface area is 258 Å². The van der Waals surface area contributed by atoms with Crippen LogP contribution >= 0.6 is 47.2 Å². The maximum atomic E-state index is 13.4. The molecule has 1 amide bonds. The third-order valence-corrected chi connectivity index (χ3v) is 8.98. The Morgan fingerprint density at radius 3 is 2.63 bits per heavy atom. The molecule has 1 aromatic heterocycles. The lowest BCUT2D eigenvalue weighted by molar-refractivity contribution is -0.122. The number of halogens is 2. The molecule has 3 heterocycles. The van der Waals surface area contributed by atoms with Crippen molar-refractivity contribution in [1.29, 1.82) is 0 Å². The zero-order chi connectivity index (χ0) is 28.6. The SMILES string of the molecule is O=C1/C(=C/c2cc(-c3ccc(Cl)c(Cl)c3)ccc2OCCN2CCOCC2)SC(=S)N1CCCCCc1nn[nH]n1. The predicted octanol–water partition coefficient (Wildman–Crippen LogP) is 5.50. The first-order valence-corrected chi connectivity index (χ1v) is 15.5. The highest BCUT2D eigenvalue weighted by Gasteiger charge is 2.31. The minimum absolute atomic E-state index is 0.0858. The van der Waals surface area contributed by atoms with E-state index >= 15 is 0 Å². The first-order chi connectivity index (χ1) is 20.0. The summed E-state index contributed by atoms with van der Waals surface area (Å²) in [6, 6.07) is 11.5. The Bertz CT molecular complexity index is 1400. The number of nitrogens with one attached hydrogen (secondary N) is 1. The Balaban J connectivity index is 1.29. The molecule has 1 N–H and O–H groups in total. The average Bonchev–Trinajstić information content (AvgIpc) is 3.59. The number of carbonyl (C=O) groups excluding carboxylic acids is 1. The van der Waals surface area contributed by atoms with E-state index in [0.717, 1.165) is 75.2 Å². The number of tetrazole rings is 1. The molecule has 2 saturated heterocycles. The summed E-state index contributed by atoms with van der Waals surface area (Å²) in [6.45, 7) is 5.16. The molecule has 2 aromatic carbocycles. The number of aromatic nitrogens is 4. The van der Waals surface area contributed by atoms with Crippen LogP contribution in [0.2, 0.25) is 10.0 Å².